The lowest BCUT2D eigenvalue weighted by Gasteiger charge is -2.13. The van der Waals surface area contributed by atoms with Gasteiger partial charge in [-0.1, -0.05) is 0 Å². The van der Waals surface area contributed by atoms with E-state index in [9.17, 15) is 0 Å². The fourth-order valence-electron chi connectivity index (χ4n) is 3.12. The van der Waals surface area contributed by atoms with Crippen LogP contribution in [0.3, 0.4) is 0 Å². The summed E-state index contributed by atoms with van der Waals surface area (Å²) in [4.78, 5) is 21.6. The molecule has 9 nitrogen and oxygen atoms in total. The van der Waals surface area contributed by atoms with Crippen LogP contribution in [0.4, 0.5) is 23.1 Å². The van der Waals surface area contributed by atoms with Crippen LogP contribution in [0.25, 0.3) is 11.4 Å². The third-order valence-corrected chi connectivity index (χ3v) is 4.43. The van der Waals surface area contributed by atoms with Gasteiger partial charge in [-0.25, -0.2) is 24.9 Å². The summed E-state index contributed by atoms with van der Waals surface area (Å²) in [6.45, 7) is 3.78. The third-order valence-electron chi connectivity index (χ3n) is 4.43. The molecule has 4 aromatic rings. The second-order valence-corrected chi connectivity index (χ2v) is 6.76. The number of anilines is 4. The molecule has 3 heterocycles. The lowest BCUT2D eigenvalue weighted by molar-refractivity contribution is 0.417. The van der Waals surface area contributed by atoms with E-state index in [0.29, 0.717) is 29.0 Å². The van der Waals surface area contributed by atoms with Gasteiger partial charge in [-0.2, -0.15) is 0 Å². The van der Waals surface area contributed by atoms with E-state index in [1.54, 1.807) is 19.4 Å². The second-order valence-electron chi connectivity index (χ2n) is 6.76. The summed E-state index contributed by atoms with van der Waals surface area (Å²) < 4.78 is 7.53. The number of aromatic nitrogens is 6. The Morgan fingerprint density at radius 3 is 2.40 bits per heavy atom. The van der Waals surface area contributed by atoms with E-state index in [1.807, 2.05) is 55.9 Å². The van der Waals surface area contributed by atoms with Crippen molar-refractivity contribution in [3.8, 4) is 17.1 Å². The van der Waals surface area contributed by atoms with Crippen LogP contribution in [0.5, 0.6) is 5.75 Å². The van der Waals surface area contributed by atoms with E-state index in [2.05, 4.69) is 35.6 Å². The Morgan fingerprint density at radius 1 is 0.900 bits per heavy atom. The van der Waals surface area contributed by atoms with Crippen molar-refractivity contribution in [2.75, 3.05) is 17.7 Å². The summed E-state index contributed by atoms with van der Waals surface area (Å²) >= 11 is 0. The van der Waals surface area contributed by atoms with Crippen molar-refractivity contribution in [1.29, 1.82) is 0 Å². The Hall–Kier alpha value is -4.01. The molecule has 0 aliphatic heterocycles. The number of imidazole rings is 1. The molecule has 0 aliphatic carbocycles. The zero-order valence-electron chi connectivity index (χ0n) is 17.2. The first-order valence-electron chi connectivity index (χ1n) is 9.36. The molecule has 0 radical (unpaired) electrons. The molecule has 3 aromatic heterocycles. The Morgan fingerprint density at radius 2 is 1.70 bits per heavy atom. The molecule has 0 saturated heterocycles. The van der Waals surface area contributed by atoms with Crippen LogP contribution < -0.4 is 15.4 Å². The average Bonchev–Trinajstić information content (AvgIpc) is 3.14. The van der Waals surface area contributed by atoms with Gasteiger partial charge in [-0.05, 0) is 32.0 Å². The SMILES string of the molecule is COc1cc(-c2nccn2C)ccc1Nc1cc(Nc2cc(C)nc(C)n2)ncn1. The summed E-state index contributed by atoms with van der Waals surface area (Å²) in [6.07, 6.45) is 5.16. The van der Waals surface area contributed by atoms with Crippen molar-refractivity contribution in [3.05, 3.63) is 60.6 Å². The molecule has 0 saturated carbocycles. The average molecular weight is 402 g/mol. The number of methoxy groups -OCH3 is 1. The van der Waals surface area contributed by atoms with Gasteiger partial charge in [-0.3, -0.25) is 0 Å². The van der Waals surface area contributed by atoms with Gasteiger partial charge in [0.25, 0.3) is 0 Å². The molecule has 0 spiro atoms. The highest BCUT2D eigenvalue weighted by Crippen LogP contribution is 2.32. The highest BCUT2D eigenvalue weighted by molar-refractivity contribution is 5.71. The Bertz CT molecular complexity index is 1170. The lowest BCUT2D eigenvalue weighted by Crippen LogP contribution is -2.02. The fraction of sp³-hybridized carbons (Fsp3) is 0.190. The molecule has 2 N–H and O–H groups in total. The molecular weight excluding hydrogens is 380 g/mol. The second kappa shape index (κ2) is 8.16. The molecule has 0 amide bonds. The topological polar surface area (TPSA) is 103 Å². The first-order chi connectivity index (χ1) is 14.5. The van der Waals surface area contributed by atoms with Crippen LogP contribution in [-0.2, 0) is 7.05 Å². The van der Waals surface area contributed by atoms with Crippen molar-refractivity contribution < 1.29 is 4.74 Å². The van der Waals surface area contributed by atoms with Gasteiger partial charge in [0.2, 0.25) is 0 Å². The maximum absolute atomic E-state index is 5.57. The van der Waals surface area contributed by atoms with Gasteiger partial charge in [0.05, 0.1) is 12.8 Å². The van der Waals surface area contributed by atoms with Gasteiger partial charge in [0.15, 0.2) is 0 Å². The van der Waals surface area contributed by atoms with E-state index >= 15 is 0 Å². The van der Waals surface area contributed by atoms with E-state index in [-0.39, 0.29) is 0 Å². The first-order valence-corrected chi connectivity index (χ1v) is 9.36. The van der Waals surface area contributed by atoms with Crippen molar-refractivity contribution in [2.24, 2.45) is 7.05 Å². The molecule has 0 aliphatic rings. The predicted octanol–water partition coefficient (Wildman–Crippen LogP) is 3.78. The zero-order valence-corrected chi connectivity index (χ0v) is 17.2. The Labute approximate surface area is 174 Å². The fourth-order valence-corrected chi connectivity index (χ4v) is 3.12. The minimum absolute atomic E-state index is 0.619. The monoisotopic (exact) mass is 402 g/mol. The van der Waals surface area contributed by atoms with Gasteiger partial charge in [-0.15, -0.1) is 0 Å². The summed E-state index contributed by atoms with van der Waals surface area (Å²) in [5.74, 6) is 4.17. The van der Waals surface area contributed by atoms with Gasteiger partial charge < -0.3 is 19.9 Å². The van der Waals surface area contributed by atoms with Crippen molar-refractivity contribution in [2.45, 2.75) is 13.8 Å². The van der Waals surface area contributed by atoms with Crippen molar-refractivity contribution >= 4 is 23.1 Å². The summed E-state index contributed by atoms with van der Waals surface area (Å²) in [6, 6.07) is 9.53. The van der Waals surface area contributed by atoms with Crippen LogP contribution in [0.2, 0.25) is 0 Å². The highest BCUT2D eigenvalue weighted by atomic mass is 16.5. The van der Waals surface area contributed by atoms with Crippen LogP contribution in [0.15, 0.2) is 49.1 Å². The number of rotatable bonds is 6. The van der Waals surface area contributed by atoms with Crippen molar-refractivity contribution in [3.63, 3.8) is 0 Å². The predicted molar refractivity (Wildman–Crippen MR) is 115 cm³/mol. The van der Waals surface area contributed by atoms with Gasteiger partial charge >= 0.3 is 0 Å². The van der Waals surface area contributed by atoms with Gasteiger partial charge in [0.1, 0.15) is 41.2 Å². The maximum Gasteiger partial charge on any atom is 0.143 e. The number of ether oxygens (including phenoxy) is 1. The molecule has 30 heavy (non-hydrogen) atoms. The minimum atomic E-state index is 0.619. The summed E-state index contributed by atoms with van der Waals surface area (Å²) in [7, 11) is 3.59. The summed E-state index contributed by atoms with van der Waals surface area (Å²) in [5, 5.41) is 6.47. The molecule has 0 fully saturated rings. The number of nitrogens with zero attached hydrogens (tertiary/aromatic N) is 6. The van der Waals surface area contributed by atoms with Crippen LogP contribution in [0, 0.1) is 13.8 Å². The molecule has 1 aromatic carbocycles. The van der Waals surface area contributed by atoms with E-state index < -0.39 is 0 Å². The van der Waals surface area contributed by atoms with Crippen LogP contribution >= 0.6 is 0 Å². The van der Waals surface area contributed by atoms with E-state index in [1.165, 1.54) is 6.33 Å². The molecule has 0 unspecified atom stereocenters. The van der Waals surface area contributed by atoms with Crippen molar-refractivity contribution in [1.82, 2.24) is 29.5 Å². The lowest BCUT2D eigenvalue weighted by atomic mass is 10.1. The molecule has 0 bridgehead atoms. The molecule has 4 rings (SSSR count). The largest absolute Gasteiger partial charge is 0.495 e. The van der Waals surface area contributed by atoms with E-state index in [0.717, 1.165) is 22.8 Å². The third kappa shape index (κ3) is 4.19. The Balaban J connectivity index is 1.57. The normalized spacial score (nSPS) is 10.7. The number of benzene rings is 1. The molecule has 152 valence electrons. The van der Waals surface area contributed by atoms with Gasteiger partial charge in [0, 0.05) is 42.8 Å². The standard InChI is InChI=1S/C21H22N8O/c1-13-9-20(26-14(2)25-13)28-19-11-18(23-12-24-19)27-16-6-5-15(10-17(16)30-4)21-22-7-8-29(21)3/h5-12H,1-4H3,(H2,23,24,25,26,27,28). The Kier molecular flexibility index (Phi) is 5.25. The number of hydrogen-bond donors (Lipinski definition) is 2. The smallest absolute Gasteiger partial charge is 0.143 e. The zero-order chi connectivity index (χ0) is 21.1. The summed E-state index contributed by atoms with van der Waals surface area (Å²) in [5.41, 5.74) is 2.63. The number of nitrogens with one attached hydrogen (secondary N) is 2. The molecule has 0 atom stereocenters. The van der Waals surface area contributed by atoms with Crippen LogP contribution in [0.1, 0.15) is 11.5 Å². The first kappa shape index (κ1) is 19.3. The maximum atomic E-state index is 5.57. The van der Waals surface area contributed by atoms with Crippen LogP contribution in [-0.4, -0.2) is 36.6 Å². The quantitative estimate of drug-likeness (QED) is 0.502. The minimum Gasteiger partial charge on any atom is -0.495 e. The molecule has 9 heteroatoms. The molecular formula is C21H22N8O. The number of hydrogen-bond acceptors (Lipinski definition) is 8. The number of aryl methyl sites for hydroxylation is 3. The van der Waals surface area contributed by atoms with E-state index in [4.69, 9.17) is 4.74 Å². The highest BCUT2D eigenvalue weighted by Gasteiger charge is 2.10.